The summed E-state index contributed by atoms with van der Waals surface area (Å²) in [6.07, 6.45) is 0.673. The Hall–Kier alpha value is -0.990. The molecule has 20 heavy (non-hydrogen) atoms. The van der Waals surface area contributed by atoms with Crippen molar-refractivity contribution in [1.82, 2.24) is 0 Å². The van der Waals surface area contributed by atoms with Crippen LogP contribution in [0.25, 0.3) is 0 Å². The van der Waals surface area contributed by atoms with Gasteiger partial charge < -0.3 is 4.74 Å². The summed E-state index contributed by atoms with van der Waals surface area (Å²) in [5.41, 5.74) is -0.0841. The SMILES string of the molecule is CC(C)CCOC(=O)c1cc(S(N)(=O)=O)c(F)cc1Br. The van der Waals surface area contributed by atoms with Gasteiger partial charge in [-0.05, 0) is 40.4 Å². The van der Waals surface area contributed by atoms with E-state index in [9.17, 15) is 17.6 Å². The number of halogens is 2. The van der Waals surface area contributed by atoms with Crippen LogP contribution in [0.1, 0.15) is 30.6 Å². The number of carbonyl (C=O) groups is 1. The van der Waals surface area contributed by atoms with Crippen LogP contribution in [0.2, 0.25) is 0 Å². The van der Waals surface area contributed by atoms with E-state index in [4.69, 9.17) is 9.88 Å². The van der Waals surface area contributed by atoms with Gasteiger partial charge in [-0.15, -0.1) is 0 Å². The summed E-state index contributed by atoms with van der Waals surface area (Å²) in [5, 5.41) is 4.88. The molecule has 0 fully saturated rings. The fourth-order valence-electron chi connectivity index (χ4n) is 1.37. The van der Waals surface area contributed by atoms with Gasteiger partial charge in [-0.1, -0.05) is 13.8 Å². The molecule has 0 saturated carbocycles. The lowest BCUT2D eigenvalue weighted by molar-refractivity contribution is 0.0486. The Morgan fingerprint density at radius 1 is 1.45 bits per heavy atom. The molecule has 1 aromatic carbocycles. The molecule has 0 aliphatic heterocycles. The quantitative estimate of drug-likeness (QED) is 0.809. The summed E-state index contributed by atoms with van der Waals surface area (Å²) in [7, 11) is -4.24. The van der Waals surface area contributed by atoms with E-state index >= 15 is 0 Å². The van der Waals surface area contributed by atoms with E-state index in [2.05, 4.69) is 15.9 Å². The van der Waals surface area contributed by atoms with Crippen molar-refractivity contribution < 1.29 is 22.3 Å². The Kier molecular flexibility index (Phi) is 5.67. The molecule has 0 bridgehead atoms. The third kappa shape index (κ3) is 4.53. The van der Waals surface area contributed by atoms with E-state index in [1.54, 1.807) is 0 Å². The predicted molar refractivity (Wildman–Crippen MR) is 75.2 cm³/mol. The van der Waals surface area contributed by atoms with Crippen LogP contribution < -0.4 is 5.14 Å². The smallest absolute Gasteiger partial charge is 0.339 e. The third-order valence-corrected chi connectivity index (χ3v) is 4.06. The zero-order chi connectivity index (χ0) is 15.5. The molecular formula is C12H15BrFNO4S. The number of rotatable bonds is 5. The van der Waals surface area contributed by atoms with Gasteiger partial charge in [0.2, 0.25) is 10.0 Å². The van der Waals surface area contributed by atoms with Crippen LogP contribution in [0, 0.1) is 11.7 Å². The summed E-state index contributed by atoms with van der Waals surface area (Å²) >= 11 is 2.99. The Balaban J connectivity index is 3.04. The fourth-order valence-corrected chi connectivity index (χ4v) is 2.46. The van der Waals surface area contributed by atoms with Crippen LogP contribution in [-0.2, 0) is 14.8 Å². The van der Waals surface area contributed by atoms with E-state index in [-0.39, 0.29) is 16.6 Å². The lowest BCUT2D eigenvalue weighted by Crippen LogP contribution is -2.16. The second-order valence-electron chi connectivity index (χ2n) is 4.63. The molecule has 0 spiro atoms. The standard InChI is InChI=1S/C12H15BrFNO4S/c1-7(2)3-4-19-12(16)8-5-11(20(15,17)18)10(14)6-9(8)13/h5-7H,3-4H2,1-2H3,(H2,15,17,18). The largest absolute Gasteiger partial charge is 0.462 e. The Bertz CT molecular complexity index is 616. The maximum Gasteiger partial charge on any atom is 0.339 e. The van der Waals surface area contributed by atoms with Crippen molar-refractivity contribution in [2.75, 3.05) is 6.61 Å². The lowest BCUT2D eigenvalue weighted by atomic mass is 10.1. The Labute approximate surface area is 125 Å². The van der Waals surface area contributed by atoms with Crippen molar-refractivity contribution in [3.8, 4) is 0 Å². The van der Waals surface area contributed by atoms with Gasteiger partial charge in [0.05, 0.1) is 12.2 Å². The molecule has 0 aromatic heterocycles. The monoisotopic (exact) mass is 367 g/mol. The van der Waals surface area contributed by atoms with Crippen LogP contribution in [0.3, 0.4) is 0 Å². The lowest BCUT2D eigenvalue weighted by Gasteiger charge is -2.09. The molecule has 0 aliphatic rings. The molecule has 0 unspecified atom stereocenters. The number of benzene rings is 1. The molecule has 0 atom stereocenters. The van der Waals surface area contributed by atoms with Gasteiger partial charge >= 0.3 is 5.97 Å². The van der Waals surface area contributed by atoms with Crippen molar-refractivity contribution >= 4 is 31.9 Å². The molecule has 1 aromatic rings. The highest BCUT2D eigenvalue weighted by atomic mass is 79.9. The molecule has 1 rings (SSSR count). The first-order valence-electron chi connectivity index (χ1n) is 5.82. The molecular weight excluding hydrogens is 353 g/mol. The number of ether oxygens (including phenoxy) is 1. The van der Waals surface area contributed by atoms with Crippen molar-refractivity contribution in [1.29, 1.82) is 0 Å². The van der Waals surface area contributed by atoms with Crippen molar-refractivity contribution in [3.05, 3.63) is 28.0 Å². The molecule has 5 nitrogen and oxygen atoms in total. The number of hydrogen-bond acceptors (Lipinski definition) is 4. The van der Waals surface area contributed by atoms with Gasteiger partial charge in [-0.2, -0.15) is 0 Å². The second-order valence-corrected chi connectivity index (χ2v) is 7.01. The highest BCUT2D eigenvalue weighted by Crippen LogP contribution is 2.24. The molecule has 0 heterocycles. The van der Waals surface area contributed by atoms with Gasteiger partial charge in [-0.3, -0.25) is 0 Å². The minimum absolute atomic E-state index is 0.0841. The zero-order valence-corrected chi connectivity index (χ0v) is 13.4. The number of hydrogen-bond donors (Lipinski definition) is 1. The highest BCUT2D eigenvalue weighted by Gasteiger charge is 2.21. The first kappa shape index (κ1) is 17.1. The van der Waals surface area contributed by atoms with Gasteiger partial charge in [0.15, 0.2) is 0 Å². The van der Waals surface area contributed by atoms with E-state index in [0.29, 0.717) is 12.3 Å². The topological polar surface area (TPSA) is 86.5 Å². The van der Waals surface area contributed by atoms with E-state index < -0.39 is 26.7 Å². The van der Waals surface area contributed by atoms with Crippen LogP contribution >= 0.6 is 15.9 Å². The summed E-state index contributed by atoms with van der Waals surface area (Å²) in [6.45, 7) is 4.15. The average Bonchev–Trinajstić information content (AvgIpc) is 2.26. The average molecular weight is 368 g/mol. The van der Waals surface area contributed by atoms with E-state index in [1.165, 1.54) is 0 Å². The van der Waals surface area contributed by atoms with Crippen molar-refractivity contribution in [2.45, 2.75) is 25.2 Å². The van der Waals surface area contributed by atoms with Crippen molar-refractivity contribution in [3.63, 3.8) is 0 Å². The fraction of sp³-hybridized carbons (Fsp3) is 0.417. The van der Waals surface area contributed by atoms with Crippen LogP contribution in [-0.4, -0.2) is 21.0 Å². The number of carbonyl (C=O) groups excluding carboxylic acids is 1. The second kappa shape index (κ2) is 6.64. The first-order chi connectivity index (χ1) is 9.12. The molecule has 0 radical (unpaired) electrons. The van der Waals surface area contributed by atoms with Crippen LogP contribution in [0.5, 0.6) is 0 Å². The number of primary sulfonamides is 1. The van der Waals surface area contributed by atoms with Gasteiger partial charge in [0.1, 0.15) is 10.7 Å². The zero-order valence-electron chi connectivity index (χ0n) is 11.0. The minimum Gasteiger partial charge on any atom is -0.462 e. The first-order valence-corrected chi connectivity index (χ1v) is 8.16. The van der Waals surface area contributed by atoms with Crippen molar-refractivity contribution in [2.24, 2.45) is 11.1 Å². The molecule has 2 N–H and O–H groups in total. The number of nitrogens with two attached hydrogens (primary N) is 1. The van der Waals surface area contributed by atoms with Crippen LogP contribution in [0.4, 0.5) is 4.39 Å². The Morgan fingerprint density at radius 2 is 2.05 bits per heavy atom. The summed E-state index contributed by atoms with van der Waals surface area (Å²) in [6, 6.07) is 1.74. The third-order valence-electron chi connectivity index (χ3n) is 2.48. The number of esters is 1. The molecule has 112 valence electrons. The van der Waals surface area contributed by atoms with Gasteiger partial charge in [0, 0.05) is 4.47 Å². The summed E-state index contributed by atoms with van der Waals surface area (Å²) in [5.74, 6) is -1.40. The maximum absolute atomic E-state index is 13.5. The molecule has 8 heteroatoms. The molecule has 0 saturated heterocycles. The Morgan fingerprint density at radius 3 is 2.55 bits per heavy atom. The number of sulfonamides is 1. The maximum atomic E-state index is 13.5. The molecule has 0 aliphatic carbocycles. The predicted octanol–water partition coefficient (Wildman–Crippen LogP) is 2.44. The van der Waals surface area contributed by atoms with Crippen LogP contribution in [0.15, 0.2) is 21.5 Å². The minimum atomic E-state index is -4.24. The van der Waals surface area contributed by atoms with Gasteiger partial charge in [-0.25, -0.2) is 22.7 Å². The summed E-state index contributed by atoms with van der Waals surface area (Å²) in [4.78, 5) is 11.1. The summed E-state index contributed by atoms with van der Waals surface area (Å²) < 4.78 is 41.0. The van der Waals surface area contributed by atoms with E-state index in [0.717, 1.165) is 12.1 Å². The highest BCUT2D eigenvalue weighted by molar-refractivity contribution is 9.10. The molecule has 0 amide bonds. The van der Waals surface area contributed by atoms with Gasteiger partial charge in [0.25, 0.3) is 0 Å². The van der Waals surface area contributed by atoms with E-state index in [1.807, 2.05) is 13.8 Å². The normalized spacial score (nSPS) is 11.7.